The van der Waals surface area contributed by atoms with E-state index >= 15 is 0 Å². The third-order valence-electron chi connectivity index (χ3n) is 3.10. The zero-order chi connectivity index (χ0) is 14.5. The molecule has 0 radical (unpaired) electrons. The highest BCUT2D eigenvalue weighted by Gasteiger charge is 2.16. The fourth-order valence-corrected chi connectivity index (χ4v) is 2.27. The predicted octanol–water partition coefficient (Wildman–Crippen LogP) is 3.00. The maximum Gasteiger partial charge on any atom is 0.254 e. The monoisotopic (exact) mass is 292 g/mol. The molecule has 0 saturated heterocycles. The average Bonchev–Trinajstić information content (AvgIpc) is 2.45. The molecule has 4 nitrogen and oxygen atoms in total. The van der Waals surface area contributed by atoms with E-state index in [2.05, 4.69) is 4.98 Å². The van der Waals surface area contributed by atoms with Crippen molar-refractivity contribution in [1.82, 2.24) is 9.88 Å². The number of para-hydroxylation sites is 1. The van der Waals surface area contributed by atoms with E-state index in [9.17, 15) is 4.79 Å². The number of rotatable bonds is 5. The van der Waals surface area contributed by atoms with Gasteiger partial charge in [-0.2, -0.15) is 0 Å². The summed E-state index contributed by atoms with van der Waals surface area (Å²) >= 11 is 6.00. The molecule has 0 fully saturated rings. The van der Waals surface area contributed by atoms with Crippen molar-refractivity contribution in [2.75, 3.05) is 27.3 Å². The molecule has 20 heavy (non-hydrogen) atoms. The molecule has 1 amide bonds. The summed E-state index contributed by atoms with van der Waals surface area (Å²) < 4.78 is 5.00. The zero-order valence-corrected chi connectivity index (χ0v) is 12.4. The minimum Gasteiger partial charge on any atom is -0.385 e. The molecule has 1 aromatic carbocycles. The zero-order valence-electron chi connectivity index (χ0n) is 11.6. The number of carbonyl (C=O) groups is 1. The molecular weight excluding hydrogens is 276 g/mol. The number of fused-ring (bicyclic) bond motifs is 1. The van der Waals surface area contributed by atoms with Crippen LogP contribution in [0, 0.1) is 0 Å². The molecular formula is C15H17ClN2O2. The Morgan fingerprint density at radius 1 is 1.40 bits per heavy atom. The van der Waals surface area contributed by atoms with Gasteiger partial charge in [-0.1, -0.05) is 29.8 Å². The smallest absolute Gasteiger partial charge is 0.254 e. The Morgan fingerprint density at radius 2 is 2.15 bits per heavy atom. The van der Waals surface area contributed by atoms with Crippen LogP contribution in [-0.2, 0) is 4.74 Å². The van der Waals surface area contributed by atoms with Crippen LogP contribution < -0.4 is 0 Å². The van der Waals surface area contributed by atoms with Gasteiger partial charge >= 0.3 is 0 Å². The summed E-state index contributed by atoms with van der Waals surface area (Å²) in [5, 5.41) is 1.15. The molecule has 5 heteroatoms. The van der Waals surface area contributed by atoms with Crippen molar-refractivity contribution in [1.29, 1.82) is 0 Å². The molecule has 0 aliphatic carbocycles. The molecule has 0 unspecified atom stereocenters. The van der Waals surface area contributed by atoms with Crippen LogP contribution in [0.3, 0.4) is 0 Å². The molecule has 1 aromatic heterocycles. The number of methoxy groups -OCH3 is 1. The Hall–Kier alpha value is -1.65. The highest BCUT2D eigenvalue weighted by atomic mass is 35.5. The van der Waals surface area contributed by atoms with E-state index in [1.807, 2.05) is 24.3 Å². The van der Waals surface area contributed by atoms with Gasteiger partial charge in [0.05, 0.1) is 11.1 Å². The van der Waals surface area contributed by atoms with Gasteiger partial charge in [0.1, 0.15) is 5.15 Å². The number of benzene rings is 1. The van der Waals surface area contributed by atoms with Gasteiger partial charge in [-0.15, -0.1) is 0 Å². The first-order valence-corrected chi connectivity index (χ1v) is 6.81. The molecule has 0 atom stereocenters. The normalized spacial score (nSPS) is 10.8. The lowest BCUT2D eigenvalue weighted by Gasteiger charge is -2.18. The molecule has 106 valence electrons. The summed E-state index contributed by atoms with van der Waals surface area (Å²) in [6.07, 6.45) is 0.801. The highest BCUT2D eigenvalue weighted by molar-refractivity contribution is 6.30. The van der Waals surface area contributed by atoms with Crippen molar-refractivity contribution in [3.05, 3.63) is 41.0 Å². The van der Waals surface area contributed by atoms with E-state index in [1.54, 1.807) is 25.1 Å². The van der Waals surface area contributed by atoms with Crippen molar-refractivity contribution in [3.63, 3.8) is 0 Å². The summed E-state index contributed by atoms with van der Waals surface area (Å²) in [6.45, 7) is 1.27. The number of carbonyl (C=O) groups excluding carboxylic acids is 1. The van der Waals surface area contributed by atoms with Crippen molar-refractivity contribution < 1.29 is 9.53 Å². The Balaban J connectivity index is 2.29. The van der Waals surface area contributed by atoms with Gasteiger partial charge in [-0.3, -0.25) is 4.79 Å². The molecule has 0 aliphatic heterocycles. The lowest BCUT2D eigenvalue weighted by molar-refractivity contribution is 0.0781. The van der Waals surface area contributed by atoms with Crippen LogP contribution in [-0.4, -0.2) is 43.1 Å². The van der Waals surface area contributed by atoms with Gasteiger partial charge in [-0.05, 0) is 18.6 Å². The fourth-order valence-electron chi connectivity index (χ4n) is 2.07. The van der Waals surface area contributed by atoms with Crippen LogP contribution in [0.1, 0.15) is 16.8 Å². The van der Waals surface area contributed by atoms with Gasteiger partial charge in [0, 0.05) is 32.7 Å². The second-order valence-corrected chi connectivity index (χ2v) is 4.97. The standard InChI is InChI=1S/C15H17ClN2O2/c1-18(8-5-9-20-2)15(19)12-10-14(16)17-13-7-4-3-6-11(12)13/h3-4,6-7,10H,5,8-9H2,1-2H3. The molecule has 0 spiro atoms. The number of aromatic nitrogens is 1. The van der Waals surface area contributed by atoms with E-state index in [0.717, 1.165) is 17.3 Å². The van der Waals surface area contributed by atoms with Crippen molar-refractivity contribution in [2.45, 2.75) is 6.42 Å². The molecule has 0 aliphatic rings. The van der Waals surface area contributed by atoms with E-state index in [1.165, 1.54) is 0 Å². The van der Waals surface area contributed by atoms with Gasteiger partial charge in [-0.25, -0.2) is 4.98 Å². The largest absolute Gasteiger partial charge is 0.385 e. The van der Waals surface area contributed by atoms with Gasteiger partial charge in [0.15, 0.2) is 0 Å². The number of hydrogen-bond donors (Lipinski definition) is 0. The van der Waals surface area contributed by atoms with E-state index in [0.29, 0.717) is 23.9 Å². The predicted molar refractivity (Wildman–Crippen MR) is 80.2 cm³/mol. The second kappa shape index (κ2) is 6.68. The number of nitrogens with zero attached hydrogens (tertiary/aromatic N) is 2. The van der Waals surface area contributed by atoms with Gasteiger partial charge in [0.2, 0.25) is 0 Å². The Bertz CT molecular complexity index is 616. The maximum absolute atomic E-state index is 12.5. The Kier molecular flexibility index (Phi) is 4.93. The summed E-state index contributed by atoms with van der Waals surface area (Å²) in [6, 6.07) is 9.12. The highest BCUT2D eigenvalue weighted by Crippen LogP contribution is 2.21. The number of pyridine rings is 1. The molecule has 0 bridgehead atoms. The number of ether oxygens (including phenoxy) is 1. The van der Waals surface area contributed by atoms with Crippen molar-refractivity contribution in [2.24, 2.45) is 0 Å². The first-order valence-electron chi connectivity index (χ1n) is 6.43. The van der Waals surface area contributed by atoms with Gasteiger partial charge < -0.3 is 9.64 Å². The quantitative estimate of drug-likeness (QED) is 0.628. The second-order valence-electron chi connectivity index (χ2n) is 4.58. The first kappa shape index (κ1) is 14.8. The third-order valence-corrected chi connectivity index (χ3v) is 3.30. The number of halogens is 1. The molecule has 1 heterocycles. The average molecular weight is 293 g/mol. The minimum absolute atomic E-state index is 0.0541. The van der Waals surface area contributed by atoms with Crippen LogP contribution in [0.5, 0.6) is 0 Å². The molecule has 0 saturated carbocycles. The maximum atomic E-state index is 12.5. The fraction of sp³-hybridized carbons (Fsp3) is 0.333. The topological polar surface area (TPSA) is 42.4 Å². The van der Waals surface area contributed by atoms with Crippen LogP contribution in [0.25, 0.3) is 10.9 Å². The van der Waals surface area contributed by atoms with Crippen LogP contribution in [0.2, 0.25) is 5.15 Å². The van der Waals surface area contributed by atoms with E-state index in [-0.39, 0.29) is 5.91 Å². The molecule has 2 aromatic rings. The minimum atomic E-state index is -0.0541. The van der Waals surface area contributed by atoms with Gasteiger partial charge in [0.25, 0.3) is 5.91 Å². The molecule has 2 rings (SSSR count). The SMILES string of the molecule is COCCCN(C)C(=O)c1cc(Cl)nc2ccccc12. The van der Waals surface area contributed by atoms with Crippen LogP contribution in [0.4, 0.5) is 0 Å². The first-order chi connectivity index (χ1) is 9.63. The Morgan fingerprint density at radius 3 is 2.90 bits per heavy atom. The van der Waals surface area contributed by atoms with Crippen molar-refractivity contribution in [3.8, 4) is 0 Å². The van der Waals surface area contributed by atoms with E-state index < -0.39 is 0 Å². The molecule has 0 N–H and O–H groups in total. The van der Waals surface area contributed by atoms with Crippen LogP contribution in [0.15, 0.2) is 30.3 Å². The number of hydrogen-bond acceptors (Lipinski definition) is 3. The van der Waals surface area contributed by atoms with Crippen molar-refractivity contribution >= 4 is 28.4 Å². The summed E-state index contributed by atoms with van der Waals surface area (Å²) in [7, 11) is 3.43. The van der Waals surface area contributed by atoms with E-state index in [4.69, 9.17) is 16.3 Å². The van der Waals surface area contributed by atoms with Crippen LogP contribution >= 0.6 is 11.6 Å². The summed E-state index contributed by atoms with van der Waals surface area (Å²) in [5.74, 6) is -0.0541. The number of amides is 1. The lowest BCUT2D eigenvalue weighted by atomic mass is 10.1. The third kappa shape index (κ3) is 3.26. The summed E-state index contributed by atoms with van der Waals surface area (Å²) in [5.41, 5.74) is 1.31. The lowest BCUT2D eigenvalue weighted by Crippen LogP contribution is -2.28. The summed E-state index contributed by atoms with van der Waals surface area (Å²) in [4.78, 5) is 18.4. The Labute approximate surface area is 123 Å².